The van der Waals surface area contributed by atoms with Crippen LogP contribution in [-0.4, -0.2) is 30.6 Å². The number of halogens is 1. The van der Waals surface area contributed by atoms with Crippen molar-refractivity contribution >= 4 is 17.3 Å². The monoisotopic (exact) mass is 280 g/mol. The van der Waals surface area contributed by atoms with Crippen molar-refractivity contribution in [3.8, 4) is 0 Å². The van der Waals surface area contributed by atoms with Crippen LogP contribution in [0.15, 0.2) is 24.3 Å². The van der Waals surface area contributed by atoms with Crippen molar-refractivity contribution in [2.75, 3.05) is 25.0 Å². The van der Waals surface area contributed by atoms with Crippen molar-refractivity contribution in [3.05, 3.63) is 29.3 Å². The Hall–Kier alpha value is -0.730. The van der Waals surface area contributed by atoms with Gasteiger partial charge in [-0.2, -0.15) is 0 Å². The van der Waals surface area contributed by atoms with E-state index in [4.69, 9.17) is 11.6 Å². The van der Waals surface area contributed by atoms with E-state index >= 15 is 0 Å². The molecule has 0 aromatic heterocycles. The van der Waals surface area contributed by atoms with Crippen molar-refractivity contribution in [1.82, 2.24) is 4.90 Å². The Morgan fingerprint density at radius 2 is 1.95 bits per heavy atom. The molecule has 1 N–H and O–H groups in total. The molecule has 2 rings (SSSR count). The number of anilines is 1. The zero-order valence-corrected chi connectivity index (χ0v) is 12.6. The maximum Gasteiger partial charge on any atom is 0.0637 e. The van der Waals surface area contributed by atoms with Gasteiger partial charge in [-0.15, -0.1) is 0 Å². The van der Waals surface area contributed by atoms with Crippen molar-refractivity contribution in [3.63, 3.8) is 0 Å². The third kappa shape index (κ3) is 4.39. The molecule has 0 unspecified atom stereocenters. The smallest absolute Gasteiger partial charge is 0.0637 e. The second kappa shape index (κ2) is 7.76. The minimum absolute atomic E-state index is 0.798. The number of para-hydroxylation sites is 1. The Labute approximate surface area is 122 Å². The summed E-state index contributed by atoms with van der Waals surface area (Å²) >= 11 is 6.15. The van der Waals surface area contributed by atoms with E-state index in [9.17, 15) is 0 Å². The Bertz CT molecular complexity index is 375. The van der Waals surface area contributed by atoms with Crippen LogP contribution in [0.1, 0.15) is 39.0 Å². The van der Waals surface area contributed by atoms with Crippen LogP contribution in [0.25, 0.3) is 0 Å². The van der Waals surface area contributed by atoms with Gasteiger partial charge in [-0.25, -0.2) is 0 Å². The van der Waals surface area contributed by atoms with Crippen molar-refractivity contribution in [1.29, 1.82) is 0 Å². The van der Waals surface area contributed by atoms with Gasteiger partial charge in [-0.05, 0) is 31.5 Å². The summed E-state index contributed by atoms with van der Waals surface area (Å²) in [7, 11) is 0. The lowest BCUT2D eigenvalue weighted by molar-refractivity contribution is 0.169. The summed E-state index contributed by atoms with van der Waals surface area (Å²) in [5, 5.41) is 4.25. The predicted octanol–water partition coefficient (Wildman–Crippen LogP) is 4.41. The highest BCUT2D eigenvalue weighted by Gasteiger charge is 2.19. The molecule has 3 heteroatoms. The number of nitrogens with one attached hydrogen (secondary N) is 1. The SMILES string of the molecule is CCN(CCNc1ccccc1Cl)C1CCCCC1. The standard InChI is InChI=1S/C16H25ClN2/c1-2-19(14-8-4-3-5-9-14)13-12-18-16-11-7-6-10-15(16)17/h6-7,10-11,14,18H,2-5,8-9,12-13H2,1H3. The Balaban J connectivity index is 1.78. The van der Waals surface area contributed by atoms with Crippen LogP contribution in [-0.2, 0) is 0 Å². The lowest BCUT2D eigenvalue weighted by Gasteiger charge is -2.33. The molecule has 2 nitrogen and oxygen atoms in total. The van der Waals surface area contributed by atoms with Crippen LogP contribution in [0.2, 0.25) is 5.02 Å². The summed E-state index contributed by atoms with van der Waals surface area (Å²) in [5.74, 6) is 0. The third-order valence-electron chi connectivity index (χ3n) is 4.09. The van der Waals surface area contributed by atoms with E-state index in [-0.39, 0.29) is 0 Å². The molecule has 0 amide bonds. The molecule has 0 saturated heterocycles. The van der Waals surface area contributed by atoms with E-state index in [1.165, 1.54) is 32.1 Å². The topological polar surface area (TPSA) is 15.3 Å². The van der Waals surface area contributed by atoms with E-state index in [0.29, 0.717) is 0 Å². The average molecular weight is 281 g/mol. The normalized spacial score (nSPS) is 16.8. The predicted molar refractivity (Wildman–Crippen MR) is 84.1 cm³/mol. The average Bonchev–Trinajstić information content (AvgIpc) is 2.46. The first kappa shape index (κ1) is 14.7. The lowest BCUT2D eigenvalue weighted by atomic mass is 9.94. The number of likely N-dealkylation sites (N-methyl/N-ethyl adjacent to an activating group) is 1. The van der Waals surface area contributed by atoms with Crippen LogP contribution in [0.3, 0.4) is 0 Å². The fourth-order valence-corrected chi connectivity index (χ4v) is 3.19. The highest BCUT2D eigenvalue weighted by molar-refractivity contribution is 6.33. The summed E-state index contributed by atoms with van der Waals surface area (Å²) in [6, 6.07) is 8.76. The van der Waals surface area contributed by atoms with E-state index < -0.39 is 0 Å². The zero-order valence-electron chi connectivity index (χ0n) is 11.9. The van der Waals surface area contributed by atoms with Gasteiger partial charge in [-0.1, -0.05) is 49.9 Å². The Kier molecular flexibility index (Phi) is 5.99. The number of nitrogens with zero attached hydrogens (tertiary/aromatic N) is 1. The molecule has 0 bridgehead atoms. The molecule has 1 aromatic carbocycles. The second-order valence-corrected chi connectivity index (χ2v) is 5.73. The summed E-state index contributed by atoms with van der Waals surface area (Å²) < 4.78 is 0. The first-order valence-corrected chi connectivity index (χ1v) is 7.91. The largest absolute Gasteiger partial charge is 0.383 e. The summed E-state index contributed by atoms with van der Waals surface area (Å²) in [6.07, 6.45) is 6.98. The Morgan fingerprint density at radius 1 is 1.21 bits per heavy atom. The van der Waals surface area contributed by atoms with Crippen LogP contribution < -0.4 is 5.32 Å². The fourth-order valence-electron chi connectivity index (χ4n) is 2.98. The molecular formula is C16H25ClN2. The molecule has 19 heavy (non-hydrogen) atoms. The maximum absolute atomic E-state index is 6.15. The number of hydrogen-bond acceptors (Lipinski definition) is 2. The van der Waals surface area contributed by atoms with Gasteiger partial charge in [0.15, 0.2) is 0 Å². The van der Waals surface area contributed by atoms with Gasteiger partial charge in [0.05, 0.1) is 10.7 Å². The Morgan fingerprint density at radius 3 is 2.63 bits per heavy atom. The van der Waals surface area contributed by atoms with Gasteiger partial charge in [0.1, 0.15) is 0 Å². The molecule has 1 aliphatic carbocycles. The van der Waals surface area contributed by atoms with Crippen molar-refractivity contribution in [2.45, 2.75) is 45.1 Å². The molecular weight excluding hydrogens is 256 g/mol. The number of hydrogen-bond donors (Lipinski definition) is 1. The van der Waals surface area contributed by atoms with Gasteiger partial charge < -0.3 is 5.32 Å². The van der Waals surface area contributed by atoms with E-state index in [2.05, 4.69) is 17.1 Å². The molecule has 0 radical (unpaired) electrons. The van der Waals surface area contributed by atoms with Gasteiger partial charge in [-0.3, -0.25) is 4.90 Å². The van der Waals surface area contributed by atoms with Crippen LogP contribution >= 0.6 is 11.6 Å². The maximum atomic E-state index is 6.15. The highest BCUT2D eigenvalue weighted by Crippen LogP contribution is 2.23. The molecule has 0 spiro atoms. The summed E-state index contributed by atoms with van der Waals surface area (Å²) in [6.45, 7) is 5.49. The van der Waals surface area contributed by atoms with Gasteiger partial charge in [0.2, 0.25) is 0 Å². The molecule has 1 fully saturated rings. The molecule has 0 heterocycles. The van der Waals surface area contributed by atoms with E-state index in [1.54, 1.807) is 0 Å². The number of benzene rings is 1. The van der Waals surface area contributed by atoms with Gasteiger partial charge in [0, 0.05) is 19.1 Å². The first-order valence-electron chi connectivity index (χ1n) is 7.53. The van der Waals surface area contributed by atoms with Crippen LogP contribution in [0, 0.1) is 0 Å². The minimum Gasteiger partial charge on any atom is -0.383 e. The quantitative estimate of drug-likeness (QED) is 0.830. The zero-order chi connectivity index (χ0) is 13.5. The fraction of sp³-hybridized carbons (Fsp3) is 0.625. The third-order valence-corrected chi connectivity index (χ3v) is 4.42. The highest BCUT2D eigenvalue weighted by atomic mass is 35.5. The molecule has 1 aliphatic rings. The molecule has 1 aromatic rings. The molecule has 0 aliphatic heterocycles. The molecule has 0 atom stereocenters. The number of rotatable bonds is 6. The second-order valence-electron chi connectivity index (χ2n) is 5.33. The molecule has 106 valence electrons. The molecule has 1 saturated carbocycles. The minimum atomic E-state index is 0.798. The first-order chi connectivity index (χ1) is 9.31. The summed E-state index contributed by atoms with van der Waals surface area (Å²) in [4.78, 5) is 2.61. The van der Waals surface area contributed by atoms with Crippen LogP contribution in [0.5, 0.6) is 0 Å². The van der Waals surface area contributed by atoms with Gasteiger partial charge in [0.25, 0.3) is 0 Å². The van der Waals surface area contributed by atoms with Crippen LogP contribution in [0.4, 0.5) is 5.69 Å². The van der Waals surface area contributed by atoms with E-state index in [0.717, 1.165) is 36.4 Å². The van der Waals surface area contributed by atoms with E-state index in [1.807, 2.05) is 24.3 Å². The lowest BCUT2D eigenvalue weighted by Crippen LogP contribution is -2.39. The van der Waals surface area contributed by atoms with Crippen molar-refractivity contribution in [2.24, 2.45) is 0 Å². The summed E-state index contributed by atoms with van der Waals surface area (Å²) in [5.41, 5.74) is 1.05. The van der Waals surface area contributed by atoms with Gasteiger partial charge >= 0.3 is 0 Å². The van der Waals surface area contributed by atoms with Crippen molar-refractivity contribution < 1.29 is 0 Å².